The molecule has 0 radical (unpaired) electrons. The number of carboxylic acid groups (broad SMARTS) is 1. The SMILES string of the molecule is O=C(O)[C@@H]1CCN(CC(=O)N2CCCc3ccccc32)C1. The lowest BCUT2D eigenvalue weighted by atomic mass is 10.0. The van der Waals surface area contributed by atoms with E-state index in [4.69, 9.17) is 5.11 Å². The van der Waals surface area contributed by atoms with Gasteiger partial charge < -0.3 is 10.0 Å². The number of aliphatic carboxylic acids is 1. The van der Waals surface area contributed by atoms with Crippen LogP contribution in [0.5, 0.6) is 0 Å². The summed E-state index contributed by atoms with van der Waals surface area (Å²) in [7, 11) is 0. The molecule has 0 unspecified atom stereocenters. The molecule has 0 aliphatic carbocycles. The van der Waals surface area contributed by atoms with Crippen molar-refractivity contribution in [2.24, 2.45) is 5.92 Å². The van der Waals surface area contributed by atoms with Crippen LogP contribution in [-0.4, -0.2) is 48.1 Å². The van der Waals surface area contributed by atoms with Crippen molar-refractivity contribution in [2.45, 2.75) is 19.3 Å². The molecule has 2 aliphatic heterocycles. The summed E-state index contributed by atoms with van der Waals surface area (Å²) in [5.74, 6) is -1.01. The van der Waals surface area contributed by atoms with E-state index in [1.54, 1.807) is 0 Å². The highest BCUT2D eigenvalue weighted by atomic mass is 16.4. The molecule has 2 heterocycles. The first-order chi connectivity index (χ1) is 10.1. The highest BCUT2D eigenvalue weighted by Gasteiger charge is 2.31. The van der Waals surface area contributed by atoms with Gasteiger partial charge in [0, 0.05) is 18.8 Å². The fraction of sp³-hybridized carbons (Fsp3) is 0.500. The van der Waals surface area contributed by atoms with E-state index in [1.165, 1.54) is 5.56 Å². The fourth-order valence-corrected chi connectivity index (χ4v) is 3.25. The van der Waals surface area contributed by atoms with E-state index in [1.807, 2.05) is 28.0 Å². The number of anilines is 1. The molecule has 0 spiro atoms. The first-order valence-electron chi connectivity index (χ1n) is 7.48. The number of carbonyl (C=O) groups excluding carboxylic acids is 1. The summed E-state index contributed by atoms with van der Waals surface area (Å²) in [6.45, 7) is 2.25. The Hall–Kier alpha value is -1.88. The summed E-state index contributed by atoms with van der Waals surface area (Å²) >= 11 is 0. The number of benzene rings is 1. The van der Waals surface area contributed by atoms with E-state index in [0.29, 0.717) is 26.1 Å². The van der Waals surface area contributed by atoms with Crippen molar-refractivity contribution in [3.8, 4) is 0 Å². The van der Waals surface area contributed by atoms with Crippen LogP contribution < -0.4 is 4.90 Å². The number of likely N-dealkylation sites (tertiary alicyclic amines) is 1. The second-order valence-corrected chi connectivity index (χ2v) is 5.84. The van der Waals surface area contributed by atoms with Gasteiger partial charge in [0.1, 0.15) is 0 Å². The largest absolute Gasteiger partial charge is 0.481 e. The molecule has 3 rings (SSSR count). The number of carboxylic acids is 1. The average molecular weight is 288 g/mol. The third-order valence-corrected chi connectivity index (χ3v) is 4.39. The molecular formula is C16H20N2O3. The molecule has 0 aromatic heterocycles. The molecule has 112 valence electrons. The zero-order chi connectivity index (χ0) is 14.8. The maximum Gasteiger partial charge on any atom is 0.307 e. The Labute approximate surface area is 124 Å². The van der Waals surface area contributed by atoms with Crippen LogP contribution in [0.25, 0.3) is 0 Å². The maximum atomic E-state index is 12.5. The molecule has 1 aromatic rings. The number of hydrogen-bond acceptors (Lipinski definition) is 3. The Morgan fingerprint density at radius 2 is 2.05 bits per heavy atom. The first-order valence-corrected chi connectivity index (χ1v) is 7.48. The lowest BCUT2D eigenvalue weighted by Gasteiger charge is -2.30. The van der Waals surface area contributed by atoms with Gasteiger partial charge in [0.25, 0.3) is 0 Å². The minimum atomic E-state index is -0.756. The zero-order valence-electron chi connectivity index (χ0n) is 12.0. The monoisotopic (exact) mass is 288 g/mol. The molecule has 1 amide bonds. The summed E-state index contributed by atoms with van der Waals surface area (Å²) in [4.78, 5) is 27.3. The fourth-order valence-electron chi connectivity index (χ4n) is 3.25. The molecule has 21 heavy (non-hydrogen) atoms. The molecule has 2 aliphatic rings. The van der Waals surface area contributed by atoms with Crippen LogP contribution in [0.3, 0.4) is 0 Å². The quantitative estimate of drug-likeness (QED) is 0.912. The van der Waals surface area contributed by atoms with Crippen LogP contribution in [0.2, 0.25) is 0 Å². The van der Waals surface area contributed by atoms with E-state index in [-0.39, 0.29) is 11.8 Å². The molecule has 1 fully saturated rings. The van der Waals surface area contributed by atoms with Crippen molar-refractivity contribution in [1.29, 1.82) is 0 Å². The van der Waals surface area contributed by atoms with E-state index >= 15 is 0 Å². The van der Waals surface area contributed by atoms with Crippen molar-refractivity contribution in [2.75, 3.05) is 31.1 Å². The van der Waals surface area contributed by atoms with Crippen molar-refractivity contribution in [1.82, 2.24) is 4.90 Å². The molecule has 0 bridgehead atoms. The Morgan fingerprint density at radius 3 is 2.81 bits per heavy atom. The standard InChI is InChI=1S/C16H20N2O3/c19-15(11-17-9-7-13(10-17)16(20)21)18-8-3-5-12-4-1-2-6-14(12)18/h1-2,4,6,13H,3,5,7-11H2,(H,20,21)/t13-/m1/s1. The highest BCUT2D eigenvalue weighted by Crippen LogP contribution is 2.27. The van der Waals surface area contributed by atoms with Crippen molar-refractivity contribution in [3.05, 3.63) is 29.8 Å². The topological polar surface area (TPSA) is 60.9 Å². The second kappa shape index (κ2) is 5.85. The van der Waals surface area contributed by atoms with Crippen LogP contribution in [0, 0.1) is 5.92 Å². The number of aryl methyl sites for hydroxylation is 1. The molecule has 5 heteroatoms. The van der Waals surface area contributed by atoms with Gasteiger partial charge in [-0.25, -0.2) is 0 Å². The molecule has 1 N–H and O–H groups in total. The van der Waals surface area contributed by atoms with Crippen LogP contribution in [0.4, 0.5) is 5.69 Å². The van der Waals surface area contributed by atoms with Gasteiger partial charge in [-0.3, -0.25) is 14.5 Å². The predicted molar refractivity (Wildman–Crippen MR) is 79.3 cm³/mol. The molecular weight excluding hydrogens is 268 g/mol. The lowest BCUT2D eigenvalue weighted by Crippen LogP contribution is -2.42. The van der Waals surface area contributed by atoms with E-state index in [9.17, 15) is 9.59 Å². The number of nitrogens with zero attached hydrogens (tertiary/aromatic N) is 2. The Balaban J connectivity index is 1.66. The zero-order valence-corrected chi connectivity index (χ0v) is 12.0. The van der Waals surface area contributed by atoms with Gasteiger partial charge in [-0.1, -0.05) is 18.2 Å². The number of hydrogen-bond donors (Lipinski definition) is 1. The maximum absolute atomic E-state index is 12.5. The predicted octanol–water partition coefficient (Wildman–Crippen LogP) is 1.37. The number of para-hydroxylation sites is 1. The smallest absolute Gasteiger partial charge is 0.307 e. The minimum absolute atomic E-state index is 0.0770. The van der Waals surface area contributed by atoms with E-state index in [0.717, 1.165) is 25.1 Å². The van der Waals surface area contributed by atoms with Crippen molar-refractivity contribution < 1.29 is 14.7 Å². The van der Waals surface area contributed by atoms with Gasteiger partial charge in [0.15, 0.2) is 0 Å². The van der Waals surface area contributed by atoms with Gasteiger partial charge in [-0.2, -0.15) is 0 Å². The van der Waals surface area contributed by atoms with E-state index in [2.05, 4.69) is 6.07 Å². The number of rotatable bonds is 3. The van der Waals surface area contributed by atoms with Gasteiger partial charge >= 0.3 is 5.97 Å². The minimum Gasteiger partial charge on any atom is -0.481 e. The van der Waals surface area contributed by atoms with Gasteiger partial charge in [0.2, 0.25) is 5.91 Å². The van der Waals surface area contributed by atoms with E-state index < -0.39 is 5.97 Å². The molecule has 0 saturated carbocycles. The summed E-state index contributed by atoms with van der Waals surface area (Å²) in [6, 6.07) is 8.03. The third kappa shape index (κ3) is 2.93. The molecule has 1 saturated heterocycles. The second-order valence-electron chi connectivity index (χ2n) is 5.84. The Kier molecular flexibility index (Phi) is 3.92. The first kappa shape index (κ1) is 14.1. The van der Waals surface area contributed by atoms with Crippen LogP contribution >= 0.6 is 0 Å². The van der Waals surface area contributed by atoms with Crippen LogP contribution in [-0.2, 0) is 16.0 Å². The van der Waals surface area contributed by atoms with Crippen LogP contribution in [0.15, 0.2) is 24.3 Å². The van der Waals surface area contributed by atoms with Gasteiger partial charge in [0.05, 0.1) is 12.5 Å². The third-order valence-electron chi connectivity index (χ3n) is 4.39. The molecule has 1 atom stereocenters. The molecule has 1 aromatic carbocycles. The lowest BCUT2D eigenvalue weighted by molar-refractivity contribution is -0.141. The van der Waals surface area contributed by atoms with Gasteiger partial charge in [-0.15, -0.1) is 0 Å². The molecule has 5 nitrogen and oxygen atoms in total. The van der Waals surface area contributed by atoms with Crippen molar-refractivity contribution >= 4 is 17.6 Å². The normalized spacial score (nSPS) is 22.1. The Bertz CT molecular complexity index is 558. The Morgan fingerprint density at radius 1 is 1.24 bits per heavy atom. The van der Waals surface area contributed by atoms with Gasteiger partial charge in [-0.05, 0) is 37.4 Å². The van der Waals surface area contributed by atoms with Crippen molar-refractivity contribution in [3.63, 3.8) is 0 Å². The summed E-state index contributed by atoms with van der Waals surface area (Å²) < 4.78 is 0. The summed E-state index contributed by atoms with van der Waals surface area (Å²) in [6.07, 6.45) is 2.64. The number of amides is 1. The number of fused-ring (bicyclic) bond motifs is 1. The van der Waals surface area contributed by atoms with Crippen LogP contribution in [0.1, 0.15) is 18.4 Å². The number of carbonyl (C=O) groups is 2. The average Bonchev–Trinajstić information content (AvgIpc) is 2.95. The highest BCUT2D eigenvalue weighted by molar-refractivity contribution is 5.96. The summed E-state index contributed by atoms with van der Waals surface area (Å²) in [5.41, 5.74) is 2.24. The summed E-state index contributed by atoms with van der Waals surface area (Å²) in [5, 5.41) is 9.02.